The van der Waals surface area contributed by atoms with Gasteiger partial charge in [-0.05, 0) is 56.6 Å². The van der Waals surface area contributed by atoms with Crippen LogP contribution in [0.25, 0.3) is 0 Å². The summed E-state index contributed by atoms with van der Waals surface area (Å²) in [6.45, 7) is 1.13. The largest absolute Gasteiger partial charge is 0.309 e. The van der Waals surface area contributed by atoms with Crippen molar-refractivity contribution in [2.45, 2.75) is 24.7 Å². The van der Waals surface area contributed by atoms with Gasteiger partial charge in [0.15, 0.2) is 0 Å². The summed E-state index contributed by atoms with van der Waals surface area (Å²) in [5, 5.41) is 0. The Morgan fingerprint density at radius 2 is 1.65 bits per heavy atom. The van der Waals surface area contributed by atoms with E-state index >= 15 is 0 Å². The van der Waals surface area contributed by atoms with E-state index in [0.29, 0.717) is 0 Å². The molecule has 0 aliphatic heterocycles. The standard InChI is InChI=1S/C19H23N/c1-20(2)15-14-19(17-9-4-3-5-10-17)13-12-16-8-6-7-11-18(16)19/h3-11H,12-15H2,1-2H3/t19-/m0/s1. The Labute approximate surface area is 122 Å². The third-order valence-electron chi connectivity index (χ3n) is 4.67. The molecule has 104 valence electrons. The van der Waals surface area contributed by atoms with Crippen LogP contribution in [0.4, 0.5) is 0 Å². The first kappa shape index (κ1) is 13.4. The minimum Gasteiger partial charge on any atom is -0.309 e. The highest BCUT2D eigenvalue weighted by molar-refractivity contribution is 5.47. The highest BCUT2D eigenvalue weighted by Crippen LogP contribution is 2.46. The summed E-state index contributed by atoms with van der Waals surface area (Å²) in [5.41, 5.74) is 4.78. The van der Waals surface area contributed by atoms with E-state index in [1.54, 1.807) is 5.56 Å². The maximum atomic E-state index is 2.34. The van der Waals surface area contributed by atoms with E-state index in [-0.39, 0.29) is 5.41 Å². The van der Waals surface area contributed by atoms with Crippen LogP contribution in [0.3, 0.4) is 0 Å². The normalized spacial score (nSPS) is 21.1. The quantitative estimate of drug-likeness (QED) is 0.811. The molecule has 0 heterocycles. The zero-order chi connectivity index (χ0) is 14.0. The molecule has 2 aromatic carbocycles. The van der Waals surface area contributed by atoms with Crippen molar-refractivity contribution in [3.05, 3.63) is 71.3 Å². The van der Waals surface area contributed by atoms with Gasteiger partial charge in [-0.25, -0.2) is 0 Å². The SMILES string of the molecule is CN(C)CC[C@]1(c2ccccc2)CCc2ccccc21. The van der Waals surface area contributed by atoms with Crippen molar-refractivity contribution in [2.24, 2.45) is 0 Å². The Kier molecular flexibility index (Phi) is 3.62. The molecule has 0 amide bonds. The van der Waals surface area contributed by atoms with Crippen molar-refractivity contribution in [1.29, 1.82) is 0 Å². The molecule has 1 aliphatic rings. The molecule has 0 spiro atoms. The number of rotatable bonds is 4. The molecule has 3 rings (SSSR count). The summed E-state index contributed by atoms with van der Waals surface area (Å²) in [6.07, 6.45) is 3.64. The van der Waals surface area contributed by atoms with E-state index < -0.39 is 0 Å². The van der Waals surface area contributed by atoms with Crippen molar-refractivity contribution in [2.75, 3.05) is 20.6 Å². The molecule has 1 heteroatoms. The van der Waals surface area contributed by atoms with Crippen LogP contribution in [0.15, 0.2) is 54.6 Å². The second kappa shape index (κ2) is 5.41. The molecule has 0 aromatic heterocycles. The fraction of sp³-hybridized carbons (Fsp3) is 0.368. The van der Waals surface area contributed by atoms with Gasteiger partial charge in [0.2, 0.25) is 0 Å². The van der Waals surface area contributed by atoms with Crippen LogP contribution in [-0.2, 0) is 11.8 Å². The Hall–Kier alpha value is -1.60. The van der Waals surface area contributed by atoms with Crippen molar-refractivity contribution in [3.63, 3.8) is 0 Å². The molecule has 0 unspecified atom stereocenters. The summed E-state index contributed by atoms with van der Waals surface area (Å²) in [6, 6.07) is 20.1. The first-order valence-electron chi connectivity index (χ1n) is 7.51. The second-order valence-corrected chi connectivity index (χ2v) is 6.16. The van der Waals surface area contributed by atoms with Gasteiger partial charge in [0.05, 0.1) is 0 Å². The number of nitrogens with zero attached hydrogens (tertiary/aromatic N) is 1. The molecular weight excluding hydrogens is 242 g/mol. The summed E-state index contributed by atoms with van der Waals surface area (Å²) in [7, 11) is 4.33. The van der Waals surface area contributed by atoms with Crippen molar-refractivity contribution in [1.82, 2.24) is 4.90 Å². The Bertz CT molecular complexity index is 573. The number of fused-ring (bicyclic) bond motifs is 1. The van der Waals surface area contributed by atoms with Crippen LogP contribution >= 0.6 is 0 Å². The number of aryl methyl sites for hydroxylation is 1. The summed E-state index contributed by atoms with van der Waals surface area (Å²) in [4.78, 5) is 2.30. The first-order valence-corrected chi connectivity index (χ1v) is 7.51. The lowest BCUT2D eigenvalue weighted by atomic mass is 9.73. The van der Waals surface area contributed by atoms with Gasteiger partial charge >= 0.3 is 0 Å². The van der Waals surface area contributed by atoms with E-state index in [2.05, 4.69) is 73.6 Å². The molecule has 1 aliphatic carbocycles. The van der Waals surface area contributed by atoms with Crippen LogP contribution in [0.1, 0.15) is 29.5 Å². The molecule has 0 saturated carbocycles. The van der Waals surface area contributed by atoms with Crippen LogP contribution in [0.5, 0.6) is 0 Å². The lowest BCUT2D eigenvalue weighted by Gasteiger charge is -2.32. The maximum Gasteiger partial charge on any atom is 0.0220 e. The highest BCUT2D eigenvalue weighted by atomic mass is 15.0. The average Bonchev–Trinajstić information content (AvgIpc) is 2.86. The van der Waals surface area contributed by atoms with Crippen LogP contribution < -0.4 is 0 Å². The molecule has 0 bridgehead atoms. The van der Waals surface area contributed by atoms with Crippen LogP contribution in [0.2, 0.25) is 0 Å². The van der Waals surface area contributed by atoms with Gasteiger partial charge in [-0.15, -0.1) is 0 Å². The van der Waals surface area contributed by atoms with Gasteiger partial charge in [0.1, 0.15) is 0 Å². The molecule has 0 radical (unpaired) electrons. The smallest absolute Gasteiger partial charge is 0.0220 e. The van der Waals surface area contributed by atoms with Crippen molar-refractivity contribution >= 4 is 0 Å². The lowest BCUT2D eigenvalue weighted by molar-refractivity contribution is 0.342. The Balaban J connectivity index is 2.06. The molecule has 1 nitrogen and oxygen atoms in total. The maximum absolute atomic E-state index is 2.34. The third-order valence-corrected chi connectivity index (χ3v) is 4.67. The summed E-state index contributed by atoms with van der Waals surface area (Å²) in [5.74, 6) is 0. The van der Waals surface area contributed by atoms with E-state index in [1.165, 1.54) is 30.4 Å². The van der Waals surface area contributed by atoms with Gasteiger partial charge < -0.3 is 4.90 Å². The molecule has 20 heavy (non-hydrogen) atoms. The first-order chi connectivity index (χ1) is 9.72. The summed E-state index contributed by atoms with van der Waals surface area (Å²) < 4.78 is 0. The minimum absolute atomic E-state index is 0.210. The topological polar surface area (TPSA) is 3.24 Å². The monoisotopic (exact) mass is 265 g/mol. The molecule has 1 atom stereocenters. The molecular formula is C19H23N. The van der Waals surface area contributed by atoms with Gasteiger partial charge in [-0.3, -0.25) is 0 Å². The zero-order valence-electron chi connectivity index (χ0n) is 12.5. The Morgan fingerprint density at radius 3 is 2.40 bits per heavy atom. The Morgan fingerprint density at radius 1 is 0.950 bits per heavy atom. The lowest BCUT2D eigenvalue weighted by Crippen LogP contribution is -2.29. The van der Waals surface area contributed by atoms with Gasteiger partial charge in [0, 0.05) is 5.41 Å². The molecule has 0 N–H and O–H groups in total. The number of hydrogen-bond acceptors (Lipinski definition) is 1. The zero-order valence-corrected chi connectivity index (χ0v) is 12.5. The predicted molar refractivity (Wildman–Crippen MR) is 85.2 cm³/mol. The number of benzene rings is 2. The number of hydrogen-bond donors (Lipinski definition) is 0. The highest BCUT2D eigenvalue weighted by Gasteiger charge is 2.39. The van der Waals surface area contributed by atoms with Crippen molar-refractivity contribution in [3.8, 4) is 0 Å². The molecule has 0 saturated heterocycles. The fourth-order valence-electron chi connectivity index (χ4n) is 3.56. The molecule has 0 fully saturated rings. The van der Waals surface area contributed by atoms with Gasteiger partial charge in [-0.1, -0.05) is 54.6 Å². The van der Waals surface area contributed by atoms with E-state index in [4.69, 9.17) is 0 Å². The minimum atomic E-state index is 0.210. The summed E-state index contributed by atoms with van der Waals surface area (Å²) >= 11 is 0. The third kappa shape index (κ3) is 2.27. The van der Waals surface area contributed by atoms with Gasteiger partial charge in [0.25, 0.3) is 0 Å². The predicted octanol–water partition coefficient (Wildman–Crippen LogP) is 3.87. The molecule has 2 aromatic rings. The van der Waals surface area contributed by atoms with E-state index in [0.717, 1.165) is 6.54 Å². The average molecular weight is 265 g/mol. The van der Waals surface area contributed by atoms with Gasteiger partial charge in [-0.2, -0.15) is 0 Å². The van der Waals surface area contributed by atoms with Crippen molar-refractivity contribution < 1.29 is 0 Å². The second-order valence-electron chi connectivity index (χ2n) is 6.16. The fourth-order valence-corrected chi connectivity index (χ4v) is 3.56. The van der Waals surface area contributed by atoms with Crippen LogP contribution in [-0.4, -0.2) is 25.5 Å². The van der Waals surface area contributed by atoms with E-state index in [1.807, 2.05) is 0 Å². The van der Waals surface area contributed by atoms with Crippen LogP contribution in [0, 0.1) is 0 Å². The van der Waals surface area contributed by atoms with E-state index in [9.17, 15) is 0 Å².